The molecule has 142 valence electrons. The van der Waals surface area contributed by atoms with Gasteiger partial charge < -0.3 is 24.2 Å². The van der Waals surface area contributed by atoms with Crippen molar-refractivity contribution in [1.82, 2.24) is 4.90 Å². The number of carbonyl (C=O) groups excluding carboxylic acids is 2. The molecule has 0 fully saturated rings. The first-order chi connectivity index (χ1) is 12.3. The maximum absolute atomic E-state index is 12.3. The van der Waals surface area contributed by atoms with Gasteiger partial charge in [0.2, 0.25) is 0 Å². The molecule has 1 atom stereocenters. The molecule has 0 radical (unpaired) electrons. The number of methoxy groups -OCH3 is 1. The molecule has 8 heteroatoms. The zero-order valence-corrected chi connectivity index (χ0v) is 15.3. The number of fused-ring (bicyclic) bond motifs is 1. The predicted molar refractivity (Wildman–Crippen MR) is 91.2 cm³/mol. The average Bonchev–Trinajstić information content (AvgIpc) is 2.58. The molecule has 0 aromatic heterocycles. The molecule has 0 spiro atoms. The van der Waals surface area contributed by atoms with Crippen molar-refractivity contribution in [3.8, 4) is 11.5 Å². The van der Waals surface area contributed by atoms with Gasteiger partial charge in [-0.25, -0.2) is 9.59 Å². The number of carbonyl (C=O) groups is 3. The Hall–Kier alpha value is -2.77. The van der Waals surface area contributed by atoms with E-state index in [1.54, 1.807) is 19.1 Å². The highest BCUT2D eigenvalue weighted by Gasteiger charge is 2.39. The smallest absolute Gasteiger partial charge is 0.397 e. The van der Waals surface area contributed by atoms with E-state index in [9.17, 15) is 19.5 Å². The van der Waals surface area contributed by atoms with E-state index in [0.717, 1.165) is 10.5 Å². The Kier molecular flexibility index (Phi) is 6.07. The Bertz CT molecular complexity index is 714. The zero-order valence-electron chi connectivity index (χ0n) is 15.3. The van der Waals surface area contributed by atoms with Crippen molar-refractivity contribution in [3.63, 3.8) is 0 Å². The van der Waals surface area contributed by atoms with Crippen LogP contribution >= 0.6 is 0 Å². The second kappa shape index (κ2) is 8.07. The highest BCUT2D eigenvalue weighted by molar-refractivity contribution is 6.32. The highest BCUT2D eigenvalue weighted by Crippen LogP contribution is 2.38. The van der Waals surface area contributed by atoms with Crippen LogP contribution < -0.4 is 9.47 Å². The summed E-state index contributed by atoms with van der Waals surface area (Å²) in [5.41, 5.74) is 1.14. The van der Waals surface area contributed by atoms with Gasteiger partial charge in [0, 0.05) is 6.54 Å². The molecular weight excluding hydrogens is 342 g/mol. The summed E-state index contributed by atoms with van der Waals surface area (Å²) in [5.74, 6) is -2.38. The quantitative estimate of drug-likeness (QED) is 0.624. The molecule has 1 unspecified atom stereocenters. The summed E-state index contributed by atoms with van der Waals surface area (Å²) in [6, 6.07) is 1.99. The van der Waals surface area contributed by atoms with Crippen molar-refractivity contribution in [1.29, 1.82) is 0 Å². The minimum atomic E-state index is -1.30. The van der Waals surface area contributed by atoms with Gasteiger partial charge in [0.25, 0.3) is 0 Å². The molecule has 1 aromatic carbocycles. The summed E-state index contributed by atoms with van der Waals surface area (Å²) in [6.07, 6.45) is 0.244. The molecule has 26 heavy (non-hydrogen) atoms. The van der Waals surface area contributed by atoms with Crippen LogP contribution in [-0.2, 0) is 25.5 Å². The number of aliphatic carboxylic acids is 1. The van der Waals surface area contributed by atoms with Crippen molar-refractivity contribution in [2.24, 2.45) is 0 Å². The van der Waals surface area contributed by atoms with Gasteiger partial charge in [0.1, 0.15) is 0 Å². The minimum absolute atomic E-state index is 0.0380. The summed E-state index contributed by atoms with van der Waals surface area (Å²) in [6.45, 7) is 5.38. The van der Waals surface area contributed by atoms with Crippen LogP contribution in [0.5, 0.6) is 11.5 Å². The molecule has 1 aliphatic rings. The molecule has 1 aromatic rings. The first-order valence-corrected chi connectivity index (χ1v) is 8.38. The lowest BCUT2D eigenvalue weighted by atomic mass is 9.91. The number of amides is 1. The van der Waals surface area contributed by atoms with Crippen molar-refractivity contribution < 1.29 is 33.7 Å². The fourth-order valence-corrected chi connectivity index (χ4v) is 2.93. The Morgan fingerprint density at radius 1 is 1.27 bits per heavy atom. The Balaban J connectivity index is 2.48. The maximum atomic E-state index is 12.3. The summed E-state index contributed by atoms with van der Waals surface area (Å²) < 4.78 is 15.7. The van der Waals surface area contributed by atoms with Crippen LogP contribution in [0.4, 0.5) is 0 Å². The van der Waals surface area contributed by atoms with Crippen LogP contribution in [0.1, 0.15) is 37.9 Å². The van der Waals surface area contributed by atoms with Crippen molar-refractivity contribution >= 4 is 17.8 Å². The maximum Gasteiger partial charge on any atom is 0.397 e. The van der Waals surface area contributed by atoms with Gasteiger partial charge in [-0.3, -0.25) is 4.79 Å². The largest absolute Gasteiger partial charge is 0.493 e. The lowest BCUT2D eigenvalue weighted by Gasteiger charge is -2.34. The second-order valence-corrected chi connectivity index (χ2v) is 6.08. The Labute approximate surface area is 151 Å². The number of carboxylic acids is 1. The van der Waals surface area contributed by atoms with Crippen LogP contribution in [0.3, 0.4) is 0 Å². The molecule has 0 aliphatic carbocycles. The molecule has 0 bridgehead atoms. The van der Waals surface area contributed by atoms with Gasteiger partial charge in [0.15, 0.2) is 17.5 Å². The van der Waals surface area contributed by atoms with Crippen molar-refractivity contribution in [2.75, 3.05) is 20.3 Å². The van der Waals surface area contributed by atoms with Crippen LogP contribution in [-0.4, -0.2) is 54.2 Å². The van der Waals surface area contributed by atoms with Gasteiger partial charge in [-0.05, 0) is 50.5 Å². The number of hydrogen-bond donors (Lipinski definition) is 1. The lowest BCUT2D eigenvalue weighted by molar-refractivity contribution is -0.164. The van der Waals surface area contributed by atoms with Crippen LogP contribution in [0.15, 0.2) is 12.1 Å². The van der Waals surface area contributed by atoms with Gasteiger partial charge in [-0.1, -0.05) is 0 Å². The van der Waals surface area contributed by atoms with Gasteiger partial charge in [0.05, 0.1) is 19.8 Å². The fourth-order valence-electron chi connectivity index (χ4n) is 2.93. The Morgan fingerprint density at radius 3 is 2.50 bits per heavy atom. The van der Waals surface area contributed by atoms with E-state index in [2.05, 4.69) is 0 Å². The topological polar surface area (TPSA) is 102 Å². The van der Waals surface area contributed by atoms with Crippen LogP contribution in [0.2, 0.25) is 0 Å². The standard InChI is InChI=1S/C18H23NO7/c1-5-25-18(23)16(20)19-7-6-11-8-13(24-4)14(26-10(2)3)9-12(11)15(19)17(21)22/h8-10,15H,5-7H2,1-4H3,(H,21,22). The zero-order chi connectivity index (χ0) is 19.4. The molecule has 8 nitrogen and oxygen atoms in total. The summed E-state index contributed by atoms with van der Waals surface area (Å²) in [5, 5.41) is 9.70. The predicted octanol–water partition coefficient (Wildman–Crippen LogP) is 1.56. The summed E-state index contributed by atoms with van der Waals surface area (Å²) in [7, 11) is 1.50. The number of rotatable bonds is 5. The van der Waals surface area contributed by atoms with Gasteiger partial charge in [-0.15, -0.1) is 0 Å². The van der Waals surface area contributed by atoms with E-state index in [-0.39, 0.29) is 19.3 Å². The molecular formula is C18H23NO7. The van der Waals surface area contributed by atoms with E-state index in [1.807, 2.05) is 13.8 Å². The van der Waals surface area contributed by atoms with E-state index in [4.69, 9.17) is 14.2 Å². The molecule has 1 heterocycles. The molecule has 2 rings (SSSR count). The summed E-state index contributed by atoms with van der Waals surface area (Å²) in [4.78, 5) is 37.0. The monoisotopic (exact) mass is 365 g/mol. The van der Waals surface area contributed by atoms with E-state index in [0.29, 0.717) is 23.5 Å². The van der Waals surface area contributed by atoms with E-state index < -0.39 is 23.9 Å². The second-order valence-electron chi connectivity index (χ2n) is 6.08. The number of nitrogens with zero attached hydrogens (tertiary/aromatic N) is 1. The van der Waals surface area contributed by atoms with Crippen molar-refractivity contribution in [3.05, 3.63) is 23.3 Å². The Morgan fingerprint density at radius 2 is 1.96 bits per heavy atom. The molecule has 1 aliphatic heterocycles. The lowest BCUT2D eigenvalue weighted by Crippen LogP contribution is -2.46. The number of benzene rings is 1. The number of ether oxygens (including phenoxy) is 3. The molecule has 0 saturated heterocycles. The normalized spacial score (nSPS) is 16.0. The first-order valence-electron chi connectivity index (χ1n) is 8.38. The minimum Gasteiger partial charge on any atom is -0.493 e. The van der Waals surface area contributed by atoms with Crippen molar-refractivity contribution in [2.45, 2.75) is 39.3 Å². The van der Waals surface area contributed by atoms with Gasteiger partial charge >= 0.3 is 17.8 Å². The fraction of sp³-hybridized carbons (Fsp3) is 0.500. The van der Waals surface area contributed by atoms with E-state index >= 15 is 0 Å². The third kappa shape index (κ3) is 3.89. The van der Waals surface area contributed by atoms with E-state index in [1.165, 1.54) is 7.11 Å². The summed E-state index contributed by atoms with van der Waals surface area (Å²) >= 11 is 0. The van der Waals surface area contributed by atoms with Gasteiger partial charge in [-0.2, -0.15) is 0 Å². The number of carboxylic acid groups (broad SMARTS) is 1. The van der Waals surface area contributed by atoms with Crippen LogP contribution in [0.25, 0.3) is 0 Å². The first kappa shape index (κ1) is 19.6. The third-order valence-corrected chi connectivity index (χ3v) is 3.96. The highest BCUT2D eigenvalue weighted by atomic mass is 16.5. The molecule has 0 saturated carbocycles. The third-order valence-electron chi connectivity index (χ3n) is 3.96. The van der Waals surface area contributed by atoms with Crippen LogP contribution in [0, 0.1) is 0 Å². The number of esters is 1. The molecule has 1 N–H and O–H groups in total. The molecule has 1 amide bonds. The SMILES string of the molecule is CCOC(=O)C(=O)N1CCc2cc(OC)c(OC(C)C)cc2C1C(=O)O. The average molecular weight is 365 g/mol. The number of hydrogen-bond acceptors (Lipinski definition) is 6.